The van der Waals surface area contributed by atoms with Crippen LogP contribution in [-0.4, -0.2) is 63.1 Å². The van der Waals surface area contributed by atoms with Crippen molar-refractivity contribution in [3.05, 3.63) is 83.8 Å². The predicted molar refractivity (Wildman–Crippen MR) is 147 cm³/mol. The number of hydrogen-bond acceptors (Lipinski definition) is 6. The van der Waals surface area contributed by atoms with Crippen LogP contribution in [0.4, 0.5) is 10.1 Å². The Balaban J connectivity index is 1.58. The number of hydrogen-bond donors (Lipinski definition) is 3. The zero-order valence-electron chi connectivity index (χ0n) is 21.7. The van der Waals surface area contributed by atoms with Crippen molar-refractivity contribution in [2.24, 2.45) is 5.73 Å². The molecule has 1 heterocycles. The molecule has 0 radical (unpaired) electrons. The van der Waals surface area contributed by atoms with Crippen molar-refractivity contribution in [2.75, 3.05) is 18.5 Å². The number of anilines is 1. The lowest BCUT2D eigenvalue weighted by atomic mass is 9.99. The molecule has 202 valence electrons. The van der Waals surface area contributed by atoms with E-state index in [4.69, 9.17) is 5.73 Å². The van der Waals surface area contributed by atoms with Crippen molar-refractivity contribution >= 4 is 34.7 Å². The number of fused-ring (bicyclic) bond motifs is 1. The molecule has 0 aliphatic rings. The number of primary amides is 1. The van der Waals surface area contributed by atoms with Gasteiger partial charge in [0.05, 0.1) is 23.9 Å². The Morgan fingerprint density at radius 1 is 1.10 bits per heavy atom. The van der Waals surface area contributed by atoms with Crippen molar-refractivity contribution < 1.29 is 23.9 Å². The van der Waals surface area contributed by atoms with Gasteiger partial charge < -0.3 is 25.9 Å². The summed E-state index contributed by atoms with van der Waals surface area (Å²) in [6.45, 7) is 2.69. The van der Waals surface area contributed by atoms with Crippen LogP contribution < -0.4 is 11.1 Å². The van der Waals surface area contributed by atoms with Gasteiger partial charge in [-0.15, -0.1) is 0 Å². The molecule has 0 fully saturated rings. The molecule has 4 rings (SSSR count). The molecular formula is C29H30FN5O4. The van der Waals surface area contributed by atoms with E-state index in [0.717, 1.165) is 11.1 Å². The minimum absolute atomic E-state index is 0.0257. The third-order valence-corrected chi connectivity index (χ3v) is 6.65. The zero-order valence-corrected chi connectivity index (χ0v) is 21.7. The maximum absolute atomic E-state index is 15.5. The van der Waals surface area contributed by atoms with Crippen molar-refractivity contribution in [1.82, 2.24) is 14.7 Å². The van der Waals surface area contributed by atoms with Gasteiger partial charge in [0.1, 0.15) is 18.9 Å². The van der Waals surface area contributed by atoms with E-state index >= 15 is 4.39 Å². The molecule has 3 aromatic carbocycles. The molecule has 2 atom stereocenters. The molecule has 0 saturated heterocycles. The van der Waals surface area contributed by atoms with Crippen LogP contribution in [0.25, 0.3) is 22.0 Å². The molecule has 0 aliphatic heterocycles. The van der Waals surface area contributed by atoms with Gasteiger partial charge in [-0.2, -0.15) is 5.10 Å². The molecule has 4 N–H and O–H groups in total. The van der Waals surface area contributed by atoms with Gasteiger partial charge in [-0.25, -0.2) is 4.39 Å². The summed E-state index contributed by atoms with van der Waals surface area (Å²) in [5.41, 5.74) is 8.25. The van der Waals surface area contributed by atoms with E-state index < -0.39 is 36.3 Å². The van der Waals surface area contributed by atoms with Crippen LogP contribution in [0.5, 0.6) is 0 Å². The van der Waals surface area contributed by atoms with Crippen molar-refractivity contribution in [3.63, 3.8) is 0 Å². The van der Waals surface area contributed by atoms with Gasteiger partial charge in [-0.3, -0.25) is 14.3 Å². The van der Waals surface area contributed by atoms with Crippen LogP contribution >= 0.6 is 0 Å². The highest BCUT2D eigenvalue weighted by atomic mass is 19.1. The Hall–Kier alpha value is -4.57. The van der Waals surface area contributed by atoms with Crippen LogP contribution in [0.2, 0.25) is 0 Å². The van der Waals surface area contributed by atoms with Crippen LogP contribution in [-0.2, 0) is 16.1 Å². The molecule has 0 spiro atoms. The number of aromatic nitrogens is 2. The normalized spacial score (nSPS) is 12.6. The molecule has 0 saturated carbocycles. The van der Waals surface area contributed by atoms with E-state index in [1.165, 1.54) is 9.58 Å². The molecule has 10 heteroatoms. The fraction of sp³-hybridized carbons (Fsp3) is 0.241. The lowest BCUT2D eigenvalue weighted by Gasteiger charge is -2.33. The van der Waals surface area contributed by atoms with E-state index in [0.29, 0.717) is 22.8 Å². The number of para-hydroxylation sites is 1. The third-order valence-electron chi connectivity index (χ3n) is 6.65. The van der Waals surface area contributed by atoms with E-state index in [2.05, 4.69) is 10.4 Å². The number of carbonyl (C=O) groups is 3. The molecule has 1 aromatic heterocycles. The standard InChI is InChI=1S/C29H30FN5O4/c1-18-8-3-4-9-21(18)22-11-7-12-24(27(22)30)32-14-20(17-37)35(19(2)16-36)26(38)15-34-25-13-6-5-10-23(25)28(33-34)29(31)39/h3-13,17,19-20,32,36H,14-16H2,1-2H3,(H2,31,39)/t19-,20?/m1/s1. The monoisotopic (exact) mass is 531 g/mol. The van der Waals surface area contributed by atoms with Gasteiger partial charge in [0.25, 0.3) is 5.91 Å². The van der Waals surface area contributed by atoms with Crippen LogP contribution in [0, 0.1) is 12.7 Å². The van der Waals surface area contributed by atoms with Crippen molar-refractivity contribution in [2.45, 2.75) is 32.5 Å². The Kier molecular flexibility index (Phi) is 8.36. The number of benzene rings is 3. The number of rotatable bonds is 11. The highest BCUT2D eigenvalue weighted by molar-refractivity contribution is 6.04. The quantitative estimate of drug-likeness (QED) is 0.255. The number of carbonyl (C=O) groups excluding carboxylic acids is 3. The first-order valence-corrected chi connectivity index (χ1v) is 12.5. The molecule has 39 heavy (non-hydrogen) atoms. The van der Waals surface area contributed by atoms with Gasteiger partial charge in [0, 0.05) is 17.5 Å². The van der Waals surface area contributed by atoms with E-state index in [-0.39, 0.29) is 24.5 Å². The van der Waals surface area contributed by atoms with Gasteiger partial charge >= 0.3 is 0 Å². The summed E-state index contributed by atoms with van der Waals surface area (Å²) in [6, 6.07) is 17.5. The summed E-state index contributed by atoms with van der Waals surface area (Å²) < 4.78 is 16.8. The lowest BCUT2D eigenvalue weighted by Crippen LogP contribution is -2.52. The Morgan fingerprint density at radius 2 is 1.79 bits per heavy atom. The van der Waals surface area contributed by atoms with Crippen molar-refractivity contribution in [1.29, 1.82) is 0 Å². The minimum Gasteiger partial charge on any atom is -0.394 e. The molecule has 9 nitrogen and oxygen atoms in total. The number of nitrogens with two attached hydrogens (primary N) is 1. The molecule has 1 unspecified atom stereocenters. The number of halogens is 1. The maximum atomic E-state index is 15.5. The number of aryl methyl sites for hydroxylation is 1. The molecule has 2 amide bonds. The molecule has 0 aliphatic carbocycles. The van der Waals surface area contributed by atoms with Crippen LogP contribution in [0.15, 0.2) is 66.7 Å². The minimum atomic E-state index is -1.03. The number of nitrogens with zero attached hydrogens (tertiary/aromatic N) is 3. The Morgan fingerprint density at radius 3 is 2.49 bits per heavy atom. The van der Waals surface area contributed by atoms with Crippen LogP contribution in [0.3, 0.4) is 0 Å². The number of aldehydes is 1. The summed E-state index contributed by atoms with van der Waals surface area (Å²) in [5.74, 6) is -1.73. The first-order chi connectivity index (χ1) is 18.8. The average molecular weight is 532 g/mol. The summed E-state index contributed by atoms with van der Waals surface area (Å²) >= 11 is 0. The lowest BCUT2D eigenvalue weighted by molar-refractivity contribution is -0.140. The fourth-order valence-corrected chi connectivity index (χ4v) is 4.66. The van der Waals surface area contributed by atoms with Crippen molar-refractivity contribution in [3.8, 4) is 11.1 Å². The van der Waals surface area contributed by atoms with Crippen LogP contribution in [0.1, 0.15) is 23.0 Å². The smallest absolute Gasteiger partial charge is 0.269 e. The van der Waals surface area contributed by atoms with Gasteiger partial charge in [0.15, 0.2) is 11.5 Å². The largest absolute Gasteiger partial charge is 0.394 e. The second kappa shape index (κ2) is 11.9. The highest BCUT2D eigenvalue weighted by Gasteiger charge is 2.29. The summed E-state index contributed by atoms with van der Waals surface area (Å²) in [5, 5.41) is 17.5. The SMILES string of the molecule is Cc1ccccc1-c1cccc(NCC(C=O)N(C(=O)Cn2nc(C(N)=O)c3ccccc32)[C@H](C)CO)c1F. The summed E-state index contributed by atoms with van der Waals surface area (Å²) in [6.07, 6.45) is 0.580. The number of amides is 2. The molecule has 0 bridgehead atoms. The van der Waals surface area contributed by atoms with E-state index in [9.17, 15) is 19.5 Å². The molecular weight excluding hydrogens is 501 g/mol. The fourth-order valence-electron chi connectivity index (χ4n) is 4.66. The topological polar surface area (TPSA) is 131 Å². The van der Waals surface area contributed by atoms with E-state index in [1.807, 2.05) is 31.2 Å². The summed E-state index contributed by atoms with van der Waals surface area (Å²) in [4.78, 5) is 38.8. The zero-order chi connectivity index (χ0) is 28.1. The Bertz CT molecular complexity index is 1520. The number of nitrogens with one attached hydrogen (secondary N) is 1. The van der Waals surface area contributed by atoms with E-state index in [1.54, 1.807) is 49.4 Å². The predicted octanol–water partition coefficient (Wildman–Crippen LogP) is 3.14. The second-order valence-electron chi connectivity index (χ2n) is 9.29. The third kappa shape index (κ3) is 5.65. The second-order valence-corrected chi connectivity index (χ2v) is 9.29. The summed E-state index contributed by atoms with van der Waals surface area (Å²) in [7, 11) is 0. The highest BCUT2D eigenvalue weighted by Crippen LogP contribution is 2.30. The first kappa shape index (κ1) is 27.5. The van der Waals surface area contributed by atoms with Gasteiger partial charge in [0.2, 0.25) is 5.91 Å². The number of aliphatic hydroxyl groups excluding tert-OH is 1. The maximum Gasteiger partial charge on any atom is 0.269 e. The van der Waals surface area contributed by atoms with Gasteiger partial charge in [-0.1, -0.05) is 54.6 Å². The molecule has 4 aromatic rings. The Labute approximate surface area is 225 Å². The first-order valence-electron chi connectivity index (χ1n) is 12.5. The number of aliphatic hydroxyl groups is 1. The average Bonchev–Trinajstić information content (AvgIpc) is 3.30. The van der Waals surface area contributed by atoms with Gasteiger partial charge in [-0.05, 0) is 37.1 Å².